The van der Waals surface area contributed by atoms with Crippen LogP contribution in [0.3, 0.4) is 0 Å². The number of hydrogen-bond donors (Lipinski definition) is 2. The maximum atomic E-state index is 12.4. The minimum atomic E-state index is -0.792. The molecule has 3 aliphatic carbocycles. The number of carboxylic acids is 1. The fraction of sp³-hybridized carbons (Fsp3) is 0.800. The fourth-order valence-corrected chi connectivity index (χ4v) is 7.73. The molecule has 0 saturated heterocycles. The molecule has 140 valence electrons. The summed E-state index contributed by atoms with van der Waals surface area (Å²) in [5.74, 6) is -0.484. The van der Waals surface area contributed by atoms with Gasteiger partial charge in [-0.1, -0.05) is 34.5 Å². The number of hydrogen-bond acceptors (Lipinski definition) is 3. The molecule has 3 nitrogen and oxygen atoms in total. The van der Waals surface area contributed by atoms with Crippen molar-refractivity contribution in [3.63, 3.8) is 0 Å². The predicted molar refractivity (Wildman–Crippen MR) is 106 cm³/mol. The molecule has 5 heteroatoms. The molecule has 2 fully saturated rings. The van der Waals surface area contributed by atoms with E-state index < -0.39 is 16.8 Å². The lowest BCUT2D eigenvalue weighted by Gasteiger charge is -2.63. The van der Waals surface area contributed by atoms with E-state index in [0.29, 0.717) is 0 Å². The van der Waals surface area contributed by atoms with Crippen molar-refractivity contribution in [2.75, 3.05) is 0 Å². The number of carbonyl (C=O) groups is 2. The second-order valence-electron chi connectivity index (χ2n) is 8.98. The van der Waals surface area contributed by atoms with Crippen molar-refractivity contribution in [3.8, 4) is 0 Å². The summed E-state index contributed by atoms with van der Waals surface area (Å²) in [5, 5.41) is 10.1. The molecular formula is C20H29BrO3S. The summed E-state index contributed by atoms with van der Waals surface area (Å²) in [5.41, 5.74) is -0.0926. The zero-order valence-electron chi connectivity index (χ0n) is 15.3. The number of halogens is 1. The van der Waals surface area contributed by atoms with Gasteiger partial charge in [-0.25, -0.2) is 0 Å². The monoisotopic (exact) mass is 428 g/mol. The molecule has 0 aromatic rings. The minimum absolute atomic E-state index is 0.0179. The molecule has 0 heterocycles. The molecule has 3 aliphatic rings. The number of thiol groups is 1. The summed E-state index contributed by atoms with van der Waals surface area (Å²) < 4.78 is 0. The third-order valence-corrected chi connectivity index (χ3v) is 10.0. The first kappa shape index (κ1) is 19.5. The number of aldehydes is 1. The van der Waals surface area contributed by atoms with Gasteiger partial charge in [0, 0.05) is 15.5 Å². The summed E-state index contributed by atoms with van der Waals surface area (Å²) in [4.78, 5) is 24.6. The zero-order chi connectivity index (χ0) is 18.6. The van der Waals surface area contributed by atoms with E-state index in [-0.39, 0.29) is 27.3 Å². The van der Waals surface area contributed by atoms with E-state index >= 15 is 0 Å². The molecule has 0 bridgehead atoms. The number of allylic oxidation sites excluding steroid dienone is 2. The molecule has 0 radical (unpaired) electrons. The van der Waals surface area contributed by atoms with E-state index in [0.717, 1.165) is 38.5 Å². The highest BCUT2D eigenvalue weighted by atomic mass is 79.9. The maximum absolute atomic E-state index is 12.4. The van der Waals surface area contributed by atoms with Crippen LogP contribution in [0.4, 0.5) is 0 Å². The van der Waals surface area contributed by atoms with Crippen molar-refractivity contribution >= 4 is 40.8 Å². The lowest BCUT2D eigenvalue weighted by atomic mass is 9.42. The molecule has 0 aromatic carbocycles. The molecule has 0 spiro atoms. The van der Waals surface area contributed by atoms with Crippen LogP contribution in [-0.4, -0.2) is 27.4 Å². The average Bonchev–Trinajstić information content (AvgIpc) is 2.68. The van der Waals surface area contributed by atoms with Crippen LogP contribution in [0.5, 0.6) is 0 Å². The number of alkyl halides is 1. The van der Waals surface area contributed by atoms with Gasteiger partial charge in [-0.3, -0.25) is 4.79 Å². The fourth-order valence-electron chi connectivity index (χ4n) is 6.33. The van der Waals surface area contributed by atoms with Gasteiger partial charge >= 0.3 is 5.97 Å². The lowest BCUT2D eigenvalue weighted by molar-refractivity contribution is -0.175. The van der Waals surface area contributed by atoms with Crippen molar-refractivity contribution in [2.45, 2.75) is 69.4 Å². The molecule has 3 rings (SSSR count). The van der Waals surface area contributed by atoms with Crippen LogP contribution >= 0.6 is 28.6 Å². The standard InChI is InChI=1S/C20H29BrO3S/c1-12-4-5-14-18(2)8-7-15(21)19(3,17(23)24)13(18)6-9-20(14,11-22)16(25)10-12/h4,11,13-16,25H,5-10H2,1-3H3,(H,23,24). The Bertz CT molecular complexity index is 620. The van der Waals surface area contributed by atoms with Gasteiger partial charge in [0.25, 0.3) is 0 Å². The zero-order valence-corrected chi connectivity index (χ0v) is 17.8. The molecule has 0 amide bonds. The Morgan fingerprint density at radius 2 is 2.00 bits per heavy atom. The Hall–Kier alpha value is -0.290. The molecule has 7 unspecified atom stereocenters. The van der Waals surface area contributed by atoms with Gasteiger partial charge in [0.05, 0.1) is 5.41 Å². The van der Waals surface area contributed by atoms with Crippen LogP contribution in [-0.2, 0) is 9.59 Å². The van der Waals surface area contributed by atoms with Crippen molar-refractivity contribution in [1.29, 1.82) is 0 Å². The number of carboxylic acid groups (broad SMARTS) is 1. The second-order valence-corrected chi connectivity index (χ2v) is 10.7. The van der Waals surface area contributed by atoms with Gasteiger partial charge in [0.2, 0.25) is 0 Å². The third-order valence-electron chi connectivity index (χ3n) is 7.94. The van der Waals surface area contributed by atoms with Gasteiger partial charge in [-0.15, -0.1) is 0 Å². The van der Waals surface area contributed by atoms with Crippen LogP contribution < -0.4 is 0 Å². The summed E-state index contributed by atoms with van der Waals surface area (Å²) in [6, 6.07) is 0. The van der Waals surface area contributed by atoms with Crippen LogP contribution in [0.1, 0.15) is 59.3 Å². The van der Waals surface area contributed by atoms with E-state index in [9.17, 15) is 14.7 Å². The number of rotatable bonds is 2. The predicted octanol–water partition coefficient (Wildman–Crippen LogP) is 4.89. The quantitative estimate of drug-likeness (QED) is 0.284. The summed E-state index contributed by atoms with van der Waals surface area (Å²) in [7, 11) is 0. The maximum Gasteiger partial charge on any atom is 0.310 e. The van der Waals surface area contributed by atoms with E-state index in [1.54, 1.807) is 0 Å². The number of carbonyl (C=O) groups excluding carboxylic acids is 1. The highest BCUT2D eigenvalue weighted by molar-refractivity contribution is 9.09. The van der Waals surface area contributed by atoms with E-state index in [4.69, 9.17) is 12.6 Å². The largest absolute Gasteiger partial charge is 0.481 e. The Kier molecular flexibility index (Phi) is 4.98. The van der Waals surface area contributed by atoms with Gasteiger partial charge < -0.3 is 9.90 Å². The molecule has 7 atom stereocenters. The van der Waals surface area contributed by atoms with E-state index in [1.807, 2.05) is 6.92 Å². The van der Waals surface area contributed by atoms with Gasteiger partial charge in [-0.05, 0) is 69.6 Å². The third kappa shape index (κ3) is 2.59. The normalized spacial score (nSPS) is 50.0. The van der Waals surface area contributed by atoms with Gasteiger partial charge in [0.1, 0.15) is 6.29 Å². The summed E-state index contributed by atoms with van der Waals surface area (Å²) in [6.45, 7) is 6.27. The summed E-state index contributed by atoms with van der Waals surface area (Å²) >= 11 is 8.55. The SMILES string of the molecule is CC1=CCC2C3(C)CCC(Br)C(C)(C(=O)O)C3CCC2(C=O)C(S)C1. The first-order valence-electron chi connectivity index (χ1n) is 9.30. The topological polar surface area (TPSA) is 54.4 Å². The van der Waals surface area contributed by atoms with E-state index in [1.165, 1.54) is 11.9 Å². The molecule has 0 aromatic heterocycles. The highest BCUT2D eigenvalue weighted by Crippen LogP contribution is 2.67. The van der Waals surface area contributed by atoms with Crippen molar-refractivity contribution in [1.82, 2.24) is 0 Å². The molecular weight excluding hydrogens is 400 g/mol. The molecule has 0 aliphatic heterocycles. The van der Waals surface area contributed by atoms with Crippen LogP contribution in [0.15, 0.2) is 11.6 Å². The number of aliphatic carboxylic acids is 1. The van der Waals surface area contributed by atoms with Crippen molar-refractivity contribution < 1.29 is 14.7 Å². The van der Waals surface area contributed by atoms with Crippen molar-refractivity contribution in [2.24, 2.45) is 28.1 Å². The molecule has 1 N–H and O–H groups in total. The Morgan fingerprint density at radius 3 is 2.60 bits per heavy atom. The van der Waals surface area contributed by atoms with E-state index in [2.05, 4.69) is 35.9 Å². The van der Waals surface area contributed by atoms with Gasteiger partial charge in [0.15, 0.2) is 0 Å². The Balaban J connectivity index is 2.12. The highest BCUT2D eigenvalue weighted by Gasteiger charge is 2.65. The lowest BCUT2D eigenvalue weighted by Crippen LogP contribution is -2.62. The number of fused-ring (bicyclic) bond motifs is 3. The summed E-state index contributed by atoms with van der Waals surface area (Å²) in [6.07, 6.45) is 8.47. The Morgan fingerprint density at radius 1 is 1.32 bits per heavy atom. The van der Waals surface area contributed by atoms with Crippen LogP contribution in [0.25, 0.3) is 0 Å². The van der Waals surface area contributed by atoms with Gasteiger partial charge in [-0.2, -0.15) is 12.6 Å². The molecule has 2 saturated carbocycles. The second kappa shape index (κ2) is 6.40. The first-order valence-corrected chi connectivity index (χ1v) is 10.7. The minimum Gasteiger partial charge on any atom is -0.481 e. The first-order chi connectivity index (χ1) is 11.6. The van der Waals surface area contributed by atoms with Crippen molar-refractivity contribution in [3.05, 3.63) is 11.6 Å². The smallest absolute Gasteiger partial charge is 0.310 e. The average molecular weight is 429 g/mol. The van der Waals surface area contributed by atoms with Crippen LogP contribution in [0, 0.1) is 28.1 Å². The Labute approximate surface area is 164 Å². The molecule has 25 heavy (non-hydrogen) atoms. The van der Waals surface area contributed by atoms with Crippen LogP contribution in [0.2, 0.25) is 0 Å².